The molecular weight excluding hydrogens is 202 g/mol. The summed E-state index contributed by atoms with van der Waals surface area (Å²) in [6, 6.07) is 7.59. The Morgan fingerprint density at radius 3 is 2.69 bits per heavy atom. The second kappa shape index (κ2) is 5.32. The zero-order chi connectivity index (χ0) is 11.4. The number of nitrogens with zero attached hydrogens (tertiary/aromatic N) is 1. The quantitative estimate of drug-likeness (QED) is 0.845. The summed E-state index contributed by atoms with van der Waals surface area (Å²) < 4.78 is 5.32. The lowest BCUT2D eigenvalue weighted by Crippen LogP contribution is -2.38. The summed E-state index contributed by atoms with van der Waals surface area (Å²) in [7, 11) is 0. The van der Waals surface area contributed by atoms with Crippen molar-refractivity contribution in [3.05, 3.63) is 29.8 Å². The maximum atomic E-state index is 9.77. The van der Waals surface area contributed by atoms with Gasteiger partial charge in [-0.1, -0.05) is 25.1 Å². The lowest BCUT2D eigenvalue weighted by Gasteiger charge is -2.29. The minimum atomic E-state index is 0.360. The van der Waals surface area contributed by atoms with Gasteiger partial charge in [0.15, 0.2) is 0 Å². The lowest BCUT2D eigenvalue weighted by molar-refractivity contribution is 0.0356. The van der Waals surface area contributed by atoms with Gasteiger partial charge in [0, 0.05) is 19.6 Å². The summed E-state index contributed by atoms with van der Waals surface area (Å²) in [4.78, 5) is 2.39. The van der Waals surface area contributed by atoms with Crippen molar-refractivity contribution in [2.45, 2.75) is 12.8 Å². The van der Waals surface area contributed by atoms with E-state index in [0.717, 1.165) is 38.4 Å². The van der Waals surface area contributed by atoms with Gasteiger partial charge in [-0.15, -0.1) is 0 Å². The van der Waals surface area contributed by atoms with Gasteiger partial charge in [0.25, 0.3) is 0 Å². The Hall–Kier alpha value is -1.06. The van der Waals surface area contributed by atoms with Crippen LogP contribution in [0.3, 0.4) is 0 Å². The summed E-state index contributed by atoms with van der Waals surface area (Å²) >= 11 is 0. The number of phenols is 1. The highest BCUT2D eigenvalue weighted by Gasteiger charge is 2.16. The van der Waals surface area contributed by atoms with Gasteiger partial charge in [-0.05, 0) is 17.5 Å². The van der Waals surface area contributed by atoms with E-state index in [1.807, 2.05) is 18.2 Å². The molecule has 0 aromatic heterocycles. The molecule has 1 fully saturated rings. The van der Waals surface area contributed by atoms with Crippen LogP contribution in [0.1, 0.15) is 18.4 Å². The topological polar surface area (TPSA) is 32.7 Å². The molecule has 0 spiro atoms. The highest BCUT2D eigenvalue weighted by Crippen LogP contribution is 2.25. The van der Waals surface area contributed by atoms with E-state index in [4.69, 9.17) is 4.74 Å². The molecule has 1 saturated heterocycles. The zero-order valence-electron chi connectivity index (χ0n) is 9.72. The molecule has 0 radical (unpaired) electrons. The molecule has 16 heavy (non-hydrogen) atoms. The SMILES string of the molecule is CC(CN1CCOCC1)c1ccccc1O. The first kappa shape index (κ1) is 11.4. The molecule has 1 aliphatic heterocycles. The predicted molar refractivity (Wildman–Crippen MR) is 63.8 cm³/mol. The van der Waals surface area contributed by atoms with Crippen LogP contribution in [0, 0.1) is 0 Å². The molecule has 3 heteroatoms. The monoisotopic (exact) mass is 221 g/mol. The fraction of sp³-hybridized carbons (Fsp3) is 0.538. The highest BCUT2D eigenvalue weighted by molar-refractivity contribution is 5.34. The summed E-state index contributed by atoms with van der Waals surface area (Å²) in [5.74, 6) is 0.766. The summed E-state index contributed by atoms with van der Waals surface area (Å²) in [6.45, 7) is 6.79. The fourth-order valence-corrected chi connectivity index (χ4v) is 2.17. The smallest absolute Gasteiger partial charge is 0.119 e. The van der Waals surface area contributed by atoms with Gasteiger partial charge in [-0.2, -0.15) is 0 Å². The minimum absolute atomic E-state index is 0.360. The third kappa shape index (κ3) is 2.74. The van der Waals surface area contributed by atoms with Gasteiger partial charge in [-0.3, -0.25) is 4.90 Å². The molecule has 0 saturated carbocycles. The number of para-hydroxylation sites is 1. The number of hydrogen-bond donors (Lipinski definition) is 1. The van der Waals surface area contributed by atoms with Crippen LogP contribution in [0.15, 0.2) is 24.3 Å². The molecular formula is C13H19NO2. The van der Waals surface area contributed by atoms with E-state index < -0.39 is 0 Å². The maximum absolute atomic E-state index is 9.77. The number of ether oxygens (including phenoxy) is 1. The average molecular weight is 221 g/mol. The van der Waals surface area contributed by atoms with E-state index in [-0.39, 0.29) is 0 Å². The van der Waals surface area contributed by atoms with Gasteiger partial charge in [0.1, 0.15) is 5.75 Å². The second-order valence-electron chi connectivity index (χ2n) is 4.37. The second-order valence-corrected chi connectivity index (χ2v) is 4.37. The van der Waals surface area contributed by atoms with Crippen molar-refractivity contribution >= 4 is 0 Å². The summed E-state index contributed by atoms with van der Waals surface area (Å²) in [5, 5.41) is 9.77. The van der Waals surface area contributed by atoms with Gasteiger partial charge in [0.2, 0.25) is 0 Å². The first-order valence-corrected chi connectivity index (χ1v) is 5.85. The number of morpholine rings is 1. The van der Waals surface area contributed by atoms with Crippen molar-refractivity contribution in [2.24, 2.45) is 0 Å². The number of benzene rings is 1. The van der Waals surface area contributed by atoms with Crippen LogP contribution in [-0.4, -0.2) is 42.9 Å². The zero-order valence-corrected chi connectivity index (χ0v) is 9.72. The van der Waals surface area contributed by atoms with E-state index in [0.29, 0.717) is 11.7 Å². The molecule has 1 heterocycles. The van der Waals surface area contributed by atoms with E-state index in [9.17, 15) is 5.11 Å². The first-order chi connectivity index (χ1) is 7.77. The fourth-order valence-electron chi connectivity index (χ4n) is 2.17. The Bertz CT molecular complexity index is 334. The minimum Gasteiger partial charge on any atom is -0.508 e. The largest absolute Gasteiger partial charge is 0.508 e. The molecule has 1 N–H and O–H groups in total. The Labute approximate surface area is 96.6 Å². The number of phenolic OH excluding ortho intramolecular Hbond substituents is 1. The van der Waals surface area contributed by atoms with Crippen LogP contribution in [0.5, 0.6) is 5.75 Å². The van der Waals surface area contributed by atoms with Gasteiger partial charge in [-0.25, -0.2) is 0 Å². The van der Waals surface area contributed by atoms with Crippen LogP contribution in [0.4, 0.5) is 0 Å². The van der Waals surface area contributed by atoms with Crippen molar-refractivity contribution in [3.63, 3.8) is 0 Å². The van der Waals surface area contributed by atoms with E-state index >= 15 is 0 Å². The van der Waals surface area contributed by atoms with Crippen LogP contribution in [0.25, 0.3) is 0 Å². The number of hydrogen-bond acceptors (Lipinski definition) is 3. The molecule has 1 atom stereocenters. The van der Waals surface area contributed by atoms with E-state index in [2.05, 4.69) is 11.8 Å². The van der Waals surface area contributed by atoms with Crippen molar-refractivity contribution in [1.82, 2.24) is 4.90 Å². The van der Waals surface area contributed by atoms with Crippen molar-refractivity contribution in [2.75, 3.05) is 32.8 Å². The van der Waals surface area contributed by atoms with Gasteiger partial charge < -0.3 is 9.84 Å². The van der Waals surface area contributed by atoms with Crippen LogP contribution in [-0.2, 0) is 4.74 Å². The molecule has 1 aromatic rings. The summed E-state index contributed by atoms with van der Waals surface area (Å²) in [5.41, 5.74) is 1.04. The molecule has 2 rings (SSSR count). The molecule has 0 amide bonds. The molecule has 0 bridgehead atoms. The van der Waals surface area contributed by atoms with Crippen molar-refractivity contribution in [1.29, 1.82) is 0 Å². The molecule has 1 aliphatic rings. The third-order valence-corrected chi connectivity index (χ3v) is 3.10. The number of aromatic hydroxyl groups is 1. The van der Waals surface area contributed by atoms with Crippen molar-refractivity contribution < 1.29 is 9.84 Å². The van der Waals surface area contributed by atoms with E-state index in [1.165, 1.54) is 0 Å². The van der Waals surface area contributed by atoms with Crippen molar-refractivity contribution in [3.8, 4) is 5.75 Å². The Kier molecular flexibility index (Phi) is 3.80. The molecule has 3 nitrogen and oxygen atoms in total. The Morgan fingerprint density at radius 1 is 1.31 bits per heavy atom. The highest BCUT2D eigenvalue weighted by atomic mass is 16.5. The van der Waals surface area contributed by atoms with Gasteiger partial charge in [0.05, 0.1) is 13.2 Å². The average Bonchev–Trinajstić information content (AvgIpc) is 2.31. The Balaban J connectivity index is 1.96. The lowest BCUT2D eigenvalue weighted by atomic mass is 9.99. The molecule has 88 valence electrons. The van der Waals surface area contributed by atoms with Crippen LogP contribution < -0.4 is 0 Å². The predicted octanol–water partition coefficient (Wildman–Crippen LogP) is 1.83. The van der Waals surface area contributed by atoms with Crippen LogP contribution >= 0.6 is 0 Å². The molecule has 1 unspecified atom stereocenters. The molecule has 0 aliphatic carbocycles. The summed E-state index contributed by atoms with van der Waals surface area (Å²) in [6.07, 6.45) is 0. The Morgan fingerprint density at radius 2 is 2.00 bits per heavy atom. The van der Waals surface area contributed by atoms with Gasteiger partial charge >= 0.3 is 0 Å². The van der Waals surface area contributed by atoms with E-state index in [1.54, 1.807) is 6.07 Å². The maximum Gasteiger partial charge on any atom is 0.119 e. The first-order valence-electron chi connectivity index (χ1n) is 5.85. The van der Waals surface area contributed by atoms with Crippen LogP contribution in [0.2, 0.25) is 0 Å². The third-order valence-electron chi connectivity index (χ3n) is 3.10. The normalized spacial score (nSPS) is 19.6. The number of rotatable bonds is 3. The standard InChI is InChI=1S/C13H19NO2/c1-11(10-14-6-8-16-9-7-14)12-4-2-3-5-13(12)15/h2-5,11,15H,6-10H2,1H3. The molecule has 1 aromatic carbocycles.